The van der Waals surface area contributed by atoms with E-state index in [9.17, 15) is 5.11 Å². The van der Waals surface area contributed by atoms with Gasteiger partial charge in [-0.1, -0.05) is 37.6 Å². The van der Waals surface area contributed by atoms with E-state index in [0.29, 0.717) is 0 Å². The number of aliphatic hydroxyl groups is 1. The van der Waals surface area contributed by atoms with Crippen LogP contribution in [0.3, 0.4) is 0 Å². The molecular weight excluding hydrogens is 320 g/mol. The zero-order valence-corrected chi connectivity index (χ0v) is 16.2. The highest BCUT2D eigenvalue weighted by Crippen LogP contribution is 2.21. The number of hydrogen-bond donors (Lipinski definition) is 1. The highest BCUT2D eigenvalue weighted by atomic mass is 35.5. The molecule has 0 amide bonds. The maximum atomic E-state index is 9.44. The molecule has 24 heavy (non-hydrogen) atoms. The van der Waals surface area contributed by atoms with Crippen molar-refractivity contribution >= 4 is 11.6 Å². The van der Waals surface area contributed by atoms with Gasteiger partial charge in [0, 0.05) is 43.2 Å². The maximum Gasteiger partial charge on any atom is 0.0494 e. The molecule has 3 nitrogen and oxygen atoms in total. The minimum absolute atomic E-state index is 0.0162. The molecule has 1 saturated heterocycles. The molecular formula is C20H33ClN2O. The standard InChI is InChI=1S/C20H33ClN2O/c1-20(2,16-24)15-22(3)13-18-5-4-11-23(14-18)12-10-17-6-8-19(21)9-7-17/h6-9,18,24H,4-5,10-16H2,1-3H3/t18-/m1/s1. The van der Waals surface area contributed by atoms with Crippen LogP contribution < -0.4 is 0 Å². The molecule has 1 fully saturated rings. The summed E-state index contributed by atoms with van der Waals surface area (Å²) in [6.07, 6.45) is 3.71. The Hall–Kier alpha value is -0.610. The van der Waals surface area contributed by atoms with Crippen molar-refractivity contribution in [2.45, 2.75) is 33.1 Å². The second-order valence-corrected chi connectivity index (χ2v) is 8.64. The van der Waals surface area contributed by atoms with Crippen LogP contribution in [-0.4, -0.2) is 61.3 Å². The number of hydrogen-bond acceptors (Lipinski definition) is 3. The topological polar surface area (TPSA) is 26.7 Å². The quantitative estimate of drug-likeness (QED) is 0.775. The van der Waals surface area contributed by atoms with E-state index < -0.39 is 0 Å². The average molecular weight is 353 g/mol. The van der Waals surface area contributed by atoms with Crippen molar-refractivity contribution in [1.82, 2.24) is 9.80 Å². The number of piperidine rings is 1. The van der Waals surface area contributed by atoms with Crippen molar-refractivity contribution in [2.24, 2.45) is 11.3 Å². The van der Waals surface area contributed by atoms with Crippen LogP contribution >= 0.6 is 11.6 Å². The second kappa shape index (κ2) is 9.19. The van der Waals surface area contributed by atoms with Crippen LogP contribution in [0.15, 0.2) is 24.3 Å². The Kier molecular flexibility index (Phi) is 7.55. The van der Waals surface area contributed by atoms with Gasteiger partial charge in [0.25, 0.3) is 0 Å². The molecule has 1 atom stereocenters. The molecule has 1 aliphatic heterocycles. The van der Waals surface area contributed by atoms with E-state index in [4.69, 9.17) is 11.6 Å². The molecule has 1 aromatic carbocycles. The lowest BCUT2D eigenvalue weighted by Crippen LogP contribution is -2.43. The van der Waals surface area contributed by atoms with Gasteiger partial charge in [0.2, 0.25) is 0 Å². The zero-order valence-electron chi connectivity index (χ0n) is 15.5. The fourth-order valence-corrected chi connectivity index (χ4v) is 3.85. The van der Waals surface area contributed by atoms with Crippen molar-refractivity contribution in [2.75, 3.05) is 46.4 Å². The van der Waals surface area contributed by atoms with E-state index in [2.05, 4.69) is 42.8 Å². The summed E-state index contributed by atoms with van der Waals surface area (Å²) in [5.41, 5.74) is 1.35. The third-order valence-electron chi connectivity index (χ3n) is 4.93. The predicted octanol–water partition coefficient (Wildman–Crippen LogP) is 3.54. The first-order valence-electron chi connectivity index (χ1n) is 9.14. The lowest BCUT2D eigenvalue weighted by Gasteiger charge is -2.36. The third-order valence-corrected chi connectivity index (χ3v) is 5.18. The minimum atomic E-state index is -0.0162. The number of likely N-dealkylation sites (tertiary alicyclic amines) is 1. The smallest absolute Gasteiger partial charge is 0.0494 e. The van der Waals surface area contributed by atoms with E-state index in [0.717, 1.165) is 37.0 Å². The summed E-state index contributed by atoms with van der Waals surface area (Å²) in [7, 11) is 2.18. The largest absolute Gasteiger partial charge is 0.396 e. The molecule has 1 N–H and O–H groups in total. The van der Waals surface area contributed by atoms with Gasteiger partial charge in [-0.25, -0.2) is 0 Å². The number of benzene rings is 1. The van der Waals surface area contributed by atoms with Gasteiger partial charge in [0.15, 0.2) is 0 Å². The van der Waals surface area contributed by atoms with Crippen LogP contribution in [-0.2, 0) is 6.42 Å². The molecule has 0 aromatic heterocycles. The minimum Gasteiger partial charge on any atom is -0.396 e. The fourth-order valence-electron chi connectivity index (χ4n) is 3.73. The Morgan fingerprint density at radius 3 is 2.67 bits per heavy atom. The van der Waals surface area contributed by atoms with Crippen LogP contribution in [0, 0.1) is 11.3 Å². The van der Waals surface area contributed by atoms with E-state index >= 15 is 0 Å². The van der Waals surface area contributed by atoms with Crippen LogP contribution in [0.2, 0.25) is 5.02 Å². The Morgan fingerprint density at radius 2 is 2.00 bits per heavy atom. The Balaban J connectivity index is 1.75. The van der Waals surface area contributed by atoms with E-state index in [1.807, 2.05) is 12.1 Å². The molecule has 0 aliphatic carbocycles. The van der Waals surface area contributed by atoms with Gasteiger partial charge < -0.3 is 14.9 Å². The normalized spacial score (nSPS) is 19.8. The maximum absolute atomic E-state index is 9.44. The monoisotopic (exact) mass is 352 g/mol. The molecule has 0 radical (unpaired) electrons. The summed E-state index contributed by atoms with van der Waals surface area (Å²) in [6.45, 7) is 10.1. The van der Waals surface area contributed by atoms with Gasteiger partial charge in [-0.05, 0) is 56.5 Å². The summed E-state index contributed by atoms with van der Waals surface area (Å²) >= 11 is 5.95. The number of nitrogens with zero attached hydrogens (tertiary/aromatic N) is 2. The van der Waals surface area contributed by atoms with E-state index in [1.54, 1.807) is 0 Å². The molecule has 1 aromatic rings. The first kappa shape index (κ1) is 19.7. The molecule has 0 unspecified atom stereocenters. The Bertz CT molecular complexity index is 489. The third kappa shape index (κ3) is 6.72. The summed E-state index contributed by atoms with van der Waals surface area (Å²) in [6, 6.07) is 8.23. The highest BCUT2D eigenvalue weighted by molar-refractivity contribution is 6.30. The molecule has 0 spiro atoms. The highest BCUT2D eigenvalue weighted by Gasteiger charge is 2.24. The zero-order chi connectivity index (χ0) is 17.6. The molecule has 0 bridgehead atoms. The predicted molar refractivity (Wildman–Crippen MR) is 103 cm³/mol. The fraction of sp³-hybridized carbons (Fsp3) is 0.700. The van der Waals surface area contributed by atoms with Gasteiger partial charge in [-0.15, -0.1) is 0 Å². The summed E-state index contributed by atoms with van der Waals surface area (Å²) in [5.74, 6) is 0.739. The van der Waals surface area contributed by atoms with Gasteiger partial charge in [0.1, 0.15) is 0 Å². The number of halogens is 1. The summed E-state index contributed by atoms with van der Waals surface area (Å²) in [5, 5.41) is 10.3. The SMILES string of the molecule is CN(C[C@H]1CCCN(CCc2ccc(Cl)cc2)C1)CC(C)(C)CO. The molecule has 0 saturated carbocycles. The number of aliphatic hydroxyl groups excluding tert-OH is 1. The van der Waals surface area contributed by atoms with Gasteiger partial charge in [0.05, 0.1) is 0 Å². The van der Waals surface area contributed by atoms with Gasteiger partial charge >= 0.3 is 0 Å². The first-order chi connectivity index (χ1) is 11.4. The lowest BCUT2D eigenvalue weighted by atomic mass is 9.92. The van der Waals surface area contributed by atoms with Crippen molar-refractivity contribution in [3.63, 3.8) is 0 Å². The van der Waals surface area contributed by atoms with Gasteiger partial charge in [-0.2, -0.15) is 0 Å². The molecule has 136 valence electrons. The van der Waals surface area contributed by atoms with Crippen molar-refractivity contribution in [1.29, 1.82) is 0 Å². The lowest BCUT2D eigenvalue weighted by molar-refractivity contribution is 0.0907. The van der Waals surface area contributed by atoms with Gasteiger partial charge in [-0.3, -0.25) is 0 Å². The van der Waals surface area contributed by atoms with Crippen LogP contribution in [0.25, 0.3) is 0 Å². The second-order valence-electron chi connectivity index (χ2n) is 8.20. The van der Waals surface area contributed by atoms with Crippen LogP contribution in [0.1, 0.15) is 32.3 Å². The summed E-state index contributed by atoms with van der Waals surface area (Å²) in [4.78, 5) is 5.00. The first-order valence-corrected chi connectivity index (χ1v) is 9.52. The average Bonchev–Trinajstić information content (AvgIpc) is 2.54. The van der Waals surface area contributed by atoms with Crippen molar-refractivity contribution in [3.8, 4) is 0 Å². The Labute approximate surface area is 152 Å². The van der Waals surface area contributed by atoms with Crippen molar-refractivity contribution in [3.05, 3.63) is 34.9 Å². The van der Waals surface area contributed by atoms with E-state index in [1.165, 1.54) is 31.5 Å². The molecule has 1 aliphatic rings. The molecule has 1 heterocycles. The molecule has 4 heteroatoms. The Morgan fingerprint density at radius 1 is 1.29 bits per heavy atom. The summed E-state index contributed by atoms with van der Waals surface area (Å²) < 4.78 is 0. The van der Waals surface area contributed by atoms with Crippen LogP contribution in [0.4, 0.5) is 0 Å². The van der Waals surface area contributed by atoms with Crippen LogP contribution in [0.5, 0.6) is 0 Å². The van der Waals surface area contributed by atoms with E-state index in [-0.39, 0.29) is 12.0 Å². The van der Waals surface area contributed by atoms with Crippen molar-refractivity contribution < 1.29 is 5.11 Å². The number of rotatable bonds is 8. The molecule has 2 rings (SSSR count).